The fourth-order valence-corrected chi connectivity index (χ4v) is 2.84. The zero-order chi connectivity index (χ0) is 19.5. The van der Waals surface area contributed by atoms with Gasteiger partial charge in [-0.05, 0) is 30.3 Å². The second-order valence-electron chi connectivity index (χ2n) is 6.17. The molecule has 2 aromatic carbocycles. The summed E-state index contributed by atoms with van der Waals surface area (Å²) in [5, 5.41) is 12.5. The fourth-order valence-electron chi connectivity index (χ4n) is 2.84. The van der Waals surface area contributed by atoms with Crippen molar-refractivity contribution >= 4 is 5.69 Å². The summed E-state index contributed by atoms with van der Waals surface area (Å²) in [7, 11) is 3.20. The van der Waals surface area contributed by atoms with Crippen molar-refractivity contribution < 1.29 is 14.0 Å². The molecule has 0 saturated heterocycles. The lowest BCUT2D eigenvalue weighted by molar-refractivity contribution is 0.355. The lowest BCUT2D eigenvalue weighted by Crippen LogP contribution is -1.98. The largest absolute Gasteiger partial charge is 0.493 e. The third kappa shape index (κ3) is 3.52. The molecule has 2 aromatic heterocycles. The van der Waals surface area contributed by atoms with Crippen LogP contribution in [0.25, 0.3) is 22.5 Å². The van der Waals surface area contributed by atoms with E-state index in [1.54, 1.807) is 18.9 Å². The minimum Gasteiger partial charge on any atom is -0.493 e. The van der Waals surface area contributed by atoms with E-state index in [9.17, 15) is 0 Å². The summed E-state index contributed by atoms with van der Waals surface area (Å²) in [6, 6.07) is 14.9. The Morgan fingerprint density at radius 1 is 0.929 bits per heavy atom. The van der Waals surface area contributed by atoms with Crippen LogP contribution in [0, 0.1) is 0 Å². The number of nitrogens with two attached hydrogens (primary N) is 1. The van der Waals surface area contributed by atoms with Crippen molar-refractivity contribution in [2.24, 2.45) is 0 Å². The van der Waals surface area contributed by atoms with Crippen LogP contribution < -0.4 is 15.2 Å². The molecule has 0 unspecified atom stereocenters. The van der Waals surface area contributed by atoms with Crippen LogP contribution in [0.3, 0.4) is 0 Å². The smallest absolute Gasteiger partial charge is 0.161 e. The summed E-state index contributed by atoms with van der Waals surface area (Å²) in [4.78, 5) is 0. The standard InChI is InChI=1S/C20H19N5O3/c1-26-19-8-5-14(9-20(19)27-2)17-10-16(28-23-17)11-25-12-18(22-24-25)13-3-6-15(21)7-4-13/h3-10,12H,11,21H2,1-2H3. The van der Waals surface area contributed by atoms with Crippen molar-refractivity contribution in [2.75, 3.05) is 20.0 Å². The molecule has 0 fully saturated rings. The molecular formula is C20H19N5O3. The average molecular weight is 377 g/mol. The molecule has 28 heavy (non-hydrogen) atoms. The highest BCUT2D eigenvalue weighted by Crippen LogP contribution is 2.32. The maximum atomic E-state index is 5.72. The van der Waals surface area contributed by atoms with E-state index < -0.39 is 0 Å². The highest BCUT2D eigenvalue weighted by Gasteiger charge is 2.12. The van der Waals surface area contributed by atoms with Gasteiger partial charge in [0.25, 0.3) is 0 Å². The molecule has 0 atom stereocenters. The van der Waals surface area contributed by atoms with Gasteiger partial charge in [0.15, 0.2) is 17.3 Å². The Kier molecular flexibility index (Phi) is 4.67. The van der Waals surface area contributed by atoms with E-state index in [2.05, 4.69) is 15.5 Å². The molecule has 0 aliphatic rings. The molecule has 0 spiro atoms. The van der Waals surface area contributed by atoms with Crippen LogP contribution >= 0.6 is 0 Å². The maximum Gasteiger partial charge on any atom is 0.161 e. The van der Waals surface area contributed by atoms with Crippen molar-refractivity contribution in [3.05, 3.63) is 60.5 Å². The first kappa shape index (κ1) is 17.6. The molecule has 2 N–H and O–H groups in total. The van der Waals surface area contributed by atoms with Gasteiger partial charge in [-0.25, -0.2) is 4.68 Å². The van der Waals surface area contributed by atoms with Crippen molar-refractivity contribution in [3.8, 4) is 34.0 Å². The molecule has 4 rings (SSSR count). The molecule has 4 aromatic rings. The van der Waals surface area contributed by atoms with E-state index in [-0.39, 0.29) is 0 Å². The first-order valence-corrected chi connectivity index (χ1v) is 8.60. The fraction of sp³-hybridized carbons (Fsp3) is 0.150. The van der Waals surface area contributed by atoms with E-state index in [1.807, 2.05) is 54.7 Å². The monoisotopic (exact) mass is 377 g/mol. The van der Waals surface area contributed by atoms with Gasteiger partial charge in [-0.15, -0.1) is 5.10 Å². The molecule has 2 heterocycles. The Morgan fingerprint density at radius 3 is 2.43 bits per heavy atom. The highest BCUT2D eigenvalue weighted by atomic mass is 16.5. The molecule has 0 radical (unpaired) electrons. The van der Waals surface area contributed by atoms with Crippen LogP contribution in [-0.4, -0.2) is 34.4 Å². The molecule has 0 saturated carbocycles. The van der Waals surface area contributed by atoms with Gasteiger partial charge in [0, 0.05) is 22.9 Å². The minimum atomic E-state index is 0.419. The lowest BCUT2D eigenvalue weighted by atomic mass is 10.1. The number of benzene rings is 2. The van der Waals surface area contributed by atoms with E-state index in [1.165, 1.54) is 0 Å². The number of rotatable bonds is 6. The number of anilines is 1. The van der Waals surface area contributed by atoms with Gasteiger partial charge in [0.2, 0.25) is 0 Å². The van der Waals surface area contributed by atoms with Crippen LogP contribution in [-0.2, 0) is 6.54 Å². The molecule has 0 aliphatic heterocycles. The second-order valence-corrected chi connectivity index (χ2v) is 6.17. The molecule has 8 nitrogen and oxygen atoms in total. The van der Waals surface area contributed by atoms with Gasteiger partial charge in [-0.3, -0.25) is 0 Å². The third-order valence-corrected chi connectivity index (χ3v) is 4.30. The molecule has 142 valence electrons. The normalized spacial score (nSPS) is 10.8. The van der Waals surface area contributed by atoms with Crippen molar-refractivity contribution in [1.29, 1.82) is 0 Å². The van der Waals surface area contributed by atoms with E-state index in [0.717, 1.165) is 16.8 Å². The Bertz CT molecular complexity index is 1090. The van der Waals surface area contributed by atoms with Crippen LogP contribution in [0.2, 0.25) is 0 Å². The Balaban J connectivity index is 1.52. The van der Waals surface area contributed by atoms with E-state index in [0.29, 0.717) is 35.2 Å². The predicted molar refractivity (Wildman–Crippen MR) is 104 cm³/mol. The number of ether oxygens (including phenoxy) is 2. The average Bonchev–Trinajstić information content (AvgIpc) is 3.38. The first-order valence-electron chi connectivity index (χ1n) is 8.60. The molecule has 8 heteroatoms. The van der Waals surface area contributed by atoms with Crippen molar-refractivity contribution in [2.45, 2.75) is 6.54 Å². The van der Waals surface area contributed by atoms with Gasteiger partial charge in [-0.2, -0.15) is 0 Å². The maximum absolute atomic E-state index is 5.72. The summed E-state index contributed by atoms with van der Waals surface area (Å²) in [6.45, 7) is 0.419. The third-order valence-electron chi connectivity index (χ3n) is 4.30. The Labute approximate surface area is 161 Å². The van der Waals surface area contributed by atoms with Gasteiger partial charge in [0.05, 0.1) is 20.4 Å². The highest BCUT2D eigenvalue weighted by molar-refractivity contribution is 5.64. The lowest BCUT2D eigenvalue weighted by Gasteiger charge is -2.07. The number of aromatic nitrogens is 4. The van der Waals surface area contributed by atoms with E-state index >= 15 is 0 Å². The van der Waals surface area contributed by atoms with Crippen LogP contribution in [0.5, 0.6) is 11.5 Å². The van der Waals surface area contributed by atoms with Gasteiger partial charge in [-0.1, -0.05) is 22.5 Å². The zero-order valence-corrected chi connectivity index (χ0v) is 15.5. The Hall–Kier alpha value is -3.81. The molecule has 0 aliphatic carbocycles. The predicted octanol–water partition coefficient (Wildman–Crippen LogP) is 3.25. The SMILES string of the molecule is COc1ccc(-c2cc(Cn3cc(-c4ccc(N)cc4)nn3)on2)cc1OC. The van der Waals surface area contributed by atoms with Crippen LogP contribution in [0.15, 0.2) is 59.3 Å². The van der Waals surface area contributed by atoms with Gasteiger partial charge >= 0.3 is 0 Å². The number of methoxy groups -OCH3 is 2. The summed E-state index contributed by atoms with van der Waals surface area (Å²) in [6.07, 6.45) is 1.85. The van der Waals surface area contributed by atoms with Crippen molar-refractivity contribution in [3.63, 3.8) is 0 Å². The summed E-state index contributed by atoms with van der Waals surface area (Å²) >= 11 is 0. The topological polar surface area (TPSA) is 101 Å². The summed E-state index contributed by atoms with van der Waals surface area (Å²) in [5.74, 6) is 1.96. The zero-order valence-electron chi connectivity index (χ0n) is 15.5. The first-order chi connectivity index (χ1) is 13.7. The number of hydrogen-bond donors (Lipinski definition) is 1. The van der Waals surface area contributed by atoms with Gasteiger partial charge in [0.1, 0.15) is 17.9 Å². The van der Waals surface area contributed by atoms with Crippen molar-refractivity contribution in [1.82, 2.24) is 20.2 Å². The second kappa shape index (κ2) is 7.43. The van der Waals surface area contributed by atoms with Crippen LogP contribution in [0.4, 0.5) is 5.69 Å². The van der Waals surface area contributed by atoms with E-state index in [4.69, 9.17) is 19.7 Å². The summed E-state index contributed by atoms with van der Waals surface area (Å²) < 4.78 is 17.8. The molecular weight excluding hydrogens is 358 g/mol. The quantitative estimate of drug-likeness (QED) is 0.515. The number of nitrogens with zero attached hydrogens (tertiary/aromatic N) is 4. The molecule has 0 amide bonds. The van der Waals surface area contributed by atoms with Gasteiger partial charge < -0.3 is 19.7 Å². The summed E-state index contributed by atoms with van der Waals surface area (Å²) in [5.41, 5.74) is 9.71. The number of nitrogen functional groups attached to an aromatic ring is 1. The minimum absolute atomic E-state index is 0.419. The number of hydrogen-bond acceptors (Lipinski definition) is 7. The van der Waals surface area contributed by atoms with Crippen LogP contribution in [0.1, 0.15) is 5.76 Å². The Morgan fingerprint density at radius 2 is 1.68 bits per heavy atom. The molecule has 0 bridgehead atoms.